The number of amides is 1. The lowest BCUT2D eigenvalue weighted by Crippen LogP contribution is -2.38. The number of benzene rings is 2. The molecule has 3 heterocycles. The zero-order chi connectivity index (χ0) is 23.5. The fourth-order valence-corrected chi connectivity index (χ4v) is 4.96. The van der Waals surface area contributed by atoms with Gasteiger partial charge in [-0.3, -0.25) is 4.79 Å². The molecule has 0 aliphatic carbocycles. The number of aromatic nitrogens is 2. The van der Waals surface area contributed by atoms with Crippen LogP contribution < -0.4 is 4.74 Å². The number of thioether (sulfide) groups is 1. The number of morpholine rings is 1. The summed E-state index contributed by atoms with van der Waals surface area (Å²) in [5, 5.41) is 5.65. The van der Waals surface area contributed by atoms with Crippen LogP contribution in [-0.2, 0) is 9.53 Å². The Balaban J connectivity index is 1.53. The van der Waals surface area contributed by atoms with E-state index in [1.54, 1.807) is 0 Å². The van der Waals surface area contributed by atoms with Gasteiger partial charge in [-0.2, -0.15) is 10.1 Å². The van der Waals surface area contributed by atoms with Crippen molar-refractivity contribution in [3.05, 3.63) is 70.8 Å². The summed E-state index contributed by atoms with van der Waals surface area (Å²) in [6.45, 7) is 7.42. The first-order chi connectivity index (χ1) is 16.6. The third kappa shape index (κ3) is 4.64. The molecule has 0 radical (unpaired) electrons. The summed E-state index contributed by atoms with van der Waals surface area (Å²) >= 11 is 1.42. The Morgan fingerprint density at radius 3 is 2.68 bits per heavy atom. The van der Waals surface area contributed by atoms with E-state index in [1.165, 1.54) is 11.8 Å². The molecule has 0 atom stereocenters. The van der Waals surface area contributed by atoms with Crippen molar-refractivity contribution in [2.24, 2.45) is 4.99 Å². The zero-order valence-electron chi connectivity index (χ0n) is 19.2. The molecular weight excluding hydrogens is 448 g/mol. The van der Waals surface area contributed by atoms with Crippen molar-refractivity contribution < 1.29 is 14.3 Å². The Morgan fingerprint density at radius 1 is 1.15 bits per heavy atom. The summed E-state index contributed by atoms with van der Waals surface area (Å²) in [5.74, 6) is 0.615. The van der Waals surface area contributed by atoms with Gasteiger partial charge in [0.25, 0.3) is 5.91 Å². The second-order valence-electron chi connectivity index (χ2n) is 8.03. The standard InChI is InChI=1S/C26H26N4O3S/c1-3-33-21-9-10-22(18(2)15-21)24-19(17-30(28-24)20-7-5-4-6-8-20)16-23-25(31)27-26(34-23)29-11-13-32-14-12-29/h4-10,15-17H,3,11-14H2,1-2H3. The van der Waals surface area contributed by atoms with Crippen molar-refractivity contribution in [2.45, 2.75) is 13.8 Å². The number of nitrogens with zero attached hydrogens (tertiary/aromatic N) is 4. The van der Waals surface area contributed by atoms with Crippen LogP contribution in [0.1, 0.15) is 18.1 Å². The summed E-state index contributed by atoms with van der Waals surface area (Å²) in [7, 11) is 0. The van der Waals surface area contributed by atoms with Crippen LogP contribution in [0.5, 0.6) is 5.75 Å². The molecule has 1 fully saturated rings. The first kappa shape index (κ1) is 22.4. The van der Waals surface area contributed by atoms with Crippen LogP contribution in [0.4, 0.5) is 0 Å². The molecule has 1 saturated heterocycles. The lowest BCUT2D eigenvalue weighted by atomic mass is 10.0. The van der Waals surface area contributed by atoms with Gasteiger partial charge in [-0.1, -0.05) is 18.2 Å². The molecule has 34 heavy (non-hydrogen) atoms. The maximum absolute atomic E-state index is 12.8. The Hall–Kier alpha value is -3.36. The van der Waals surface area contributed by atoms with Gasteiger partial charge in [0.15, 0.2) is 5.17 Å². The molecule has 2 aromatic carbocycles. The summed E-state index contributed by atoms with van der Waals surface area (Å²) < 4.78 is 12.9. The lowest BCUT2D eigenvalue weighted by Gasteiger charge is -2.27. The highest BCUT2D eigenvalue weighted by Crippen LogP contribution is 2.35. The molecular formula is C26H26N4O3S. The molecule has 2 aliphatic heterocycles. The Kier molecular flexibility index (Phi) is 6.51. The number of amidine groups is 1. The van der Waals surface area contributed by atoms with Crippen LogP contribution in [0.2, 0.25) is 0 Å². The number of rotatable bonds is 5. The quantitative estimate of drug-likeness (QED) is 0.506. The fourth-order valence-electron chi connectivity index (χ4n) is 4.00. The SMILES string of the molecule is CCOc1ccc(-c2nn(-c3ccccc3)cc2C=C2SC(N3CCOCC3)=NC2=O)c(C)c1. The highest BCUT2D eigenvalue weighted by Gasteiger charge is 2.28. The van der Waals surface area contributed by atoms with E-state index in [2.05, 4.69) is 9.89 Å². The van der Waals surface area contributed by atoms with Crippen molar-refractivity contribution in [1.29, 1.82) is 0 Å². The van der Waals surface area contributed by atoms with E-state index in [0.29, 0.717) is 24.7 Å². The van der Waals surface area contributed by atoms with Crippen LogP contribution >= 0.6 is 11.8 Å². The second-order valence-corrected chi connectivity index (χ2v) is 9.04. The second kappa shape index (κ2) is 9.87. The van der Waals surface area contributed by atoms with E-state index in [9.17, 15) is 4.79 Å². The topological polar surface area (TPSA) is 68.9 Å². The van der Waals surface area contributed by atoms with Gasteiger partial charge in [0.05, 0.1) is 30.4 Å². The molecule has 0 spiro atoms. The van der Waals surface area contributed by atoms with Crippen molar-refractivity contribution in [3.63, 3.8) is 0 Å². The molecule has 5 rings (SSSR count). The monoisotopic (exact) mass is 474 g/mol. The van der Waals surface area contributed by atoms with Crippen LogP contribution in [-0.4, -0.2) is 58.7 Å². The fraction of sp³-hybridized carbons (Fsp3) is 0.269. The van der Waals surface area contributed by atoms with Crippen LogP contribution in [0.3, 0.4) is 0 Å². The first-order valence-corrected chi connectivity index (χ1v) is 12.2. The van der Waals surface area contributed by atoms with Gasteiger partial charge in [-0.15, -0.1) is 0 Å². The maximum atomic E-state index is 12.8. The molecule has 8 heteroatoms. The molecule has 0 unspecified atom stereocenters. The molecule has 174 valence electrons. The van der Waals surface area contributed by atoms with Gasteiger partial charge in [0.1, 0.15) is 11.4 Å². The van der Waals surface area contributed by atoms with Crippen molar-refractivity contribution in [3.8, 4) is 22.7 Å². The third-order valence-electron chi connectivity index (χ3n) is 5.70. The molecule has 0 bridgehead atoms. The predicted molar refractivity (Wildman–Crippen MR) is 135 cm³/mol. The van der Waals surface area contributed by atoms with Crippen LogP contribution in [0, 0.1) is 6.92 Å². The predicted octanol–water partition coefficient (Wildman–Crippen LogP) is 4.55. The minimum absolute atomic E-state index is 0.215. The maximum Gasteiger partial charge on any atom is 0.286 e. The van der Waals surface area contributed by atoms with E-state index in [-0.39, 0.29) is 5.91 Å². The first-order valence-electron chi connectivity index (χ1n) is 11.4. The summed E-state index contributed by atoms with van der Waals surface area (Å²) in [6.07, 6.45) is 3.87. The van der Waals surface area contributed by atoms with Gasteiger partial charge in [0.2, 0.25) is 0 Å². The lowest BCUT2D eigenvalue weighted by molar-refractivity contribution is -0.113. The van der Waals surface area contributed by atoms with Gasteiger partial charge >= 0.3 is 0 Å². The number of hydrogen-bond acceptors (Lipinski definition) is 6. The molecule has 0 saturated carbocycles. The number of carbonyl (C=O) groups excluding carboxylic acids is 1. The number of para-hydroxylation sites is 1. The van der Waals surface area contributed by atoms with E-state index in [1.807, 2.05) is 79.3 Å². The van der Waals surface area contributed by atoms with E-state index < -0.39 is 0 Å². The Morgan fingerprint density at radius 2 is 1.94 bits per heavy atom. The van der Waals surface area contributed by atoms with E-state index >= 15 is 0 Å². The van der Waals surface area contributed by atoms with Crippen LogP contribution in [0.25, 0.3) is 23.0 Å². The van der Waals surface area contributed by atoms with Crippen molar-refractivity contribution >= 4 is 28.9 Å². The largest absolute Gasteiger partial charge is 0.494 e. The molecule has 7 nitrogen and oxygen atoms in total. The van der Waals surface area contributed by atoms with Crippen molar-refractivity contribution in [1.82, 2.24) is 14.7 Å². The molecule has 1 amide bonds. The zero-order valence-corrected chi connectivity index (χ0v) is 20.0. The number of aryl methyl sites for hydroxylation is 1. The van der Waals surface area contributed by atoms with Crippen LogP contribution in [0.15, 0.2) is 64.6 Å². The number of aliphatic imine (C=N–C) groups is 1. The van der Waals surface area contributed by atoms with Gasteiger partial charge in [0, 0.05) is 30.4 Å². The Bertz CT molecular complexity index is 1260. The number of carbonyl (C=O) groups is 1. The highest BCUT2D eigenvalue weighted by molar-refractivity contribution is 8.18. The van der Waals surface area contributed by atoms with E-state index in [4.69, 9.17) is 14.6 Å². The minimum Gasteiger partial charge on any atom is -0.494 e. The smallest absolute Gasteiger partial charge is 0.286 e. The molecule has 2 aliphatic rings. The minimum atomic E-state index is -0.215. The molecule has 1 aromatic heterocycles. The van der Waals surface area contributed by atoms with Crippen molar-refractivity contribution in [2.75, 3.05) is 32.9 Å². The highest BCUT2D eigenvalue weighted by atomic mass is 32.2. The average Bonchev–Trinajstić information content (AvgIpc) is 3.44. The third-order valence-corrected chi connectivity index (χ3v) is 6.75. The van der Waals surface area contributed by atoms with Gasteiger partial charge < -0.3 is 14.4 Å². The average molecular weight is 475 g/mol. The van der Waals surface area contributed by atoms with Gasteiger partial charge in [-0.05, 0) is 67.6 Å². The van der Waals surface area contributed by atoms with Gasteiger partial charge in [-0.25, -0.2) is 4.68 Å². The molecule has 3 aromatic rings. The van der Waals surface area contributed by atoms with E-state index in [0.717, 1.165) is 52.1 Å². The Labute approximate surface area is 203 Å². The molecule has 0 N–H and O–H groups in total. The number of hydrogen-bond donors (Lipinski definition) is 0. The number of ether oxygens (including phenoxy) is 2. The normalized spacial score (nSPS) is 17.4. The summed E-state index contributed by atoms with van der Waals surface area (Å²) in [6, 6.07) is 16.0. The summed E-state index contributed by atoms with van der Waals surface area (Å²) in [4.78, 5) is 19.8. The summed E-state index contributed by atoms with van der Waals surface area (Å²) in [5.41, 5.74) is 4.68.